The van der Waals surface area contributed by atoms with Crippen molar-refractivity contribution in [1.29, 1.82) is 0 Å². The van der Waals surface area contributed by atoms with Crippen LogP contribution in [0.1, 0.15) is 11.1 Å². The molecule has 0 fully saturated rings. The Morgan fingerprint density at radius 3 is 2.54 bits per heavy atom. The zero-order valence-corrected chi connectivity index (χ0v) is 15.6. The van der Waals surface area contributed by atoms with Crippen LogP contribution in [0, 0.1) is 0 Å². The normalized spacial score (nSPS) is 10.7. The zero-order valence-electron chi connectivity index (χ0n) is 14.1. The van der Waals surface area contributed by atoms with Gasteiger partial charge in [0, 0.05) is 10.5 Å². The van der Waals surface area contributed by atoms with Crippen LogP contribution in [0.3, 0.4) is 0 Å². The number of para-hydroxylation sites is 1. The monoisotopic (exact) mass is 407 g/mol. The summed E-state index contributed by atoms with van der Waals surface area (Å²) in [5.74, 6) is 0.578. The molecular formula is C22H18BrNO2. The topological polar surface area (TPSA) is 38.3 Å². The molecule has 0 aromatic heterocycles. The van der Waals surface area contributed by atoms with Crippen LogP contribution < -0.4 is 10.1 Å². The lowest BCUT2D eigenvalue weighted by Gasteiger charge is -2.07. The van der Waals surface area contributed by atoms with Gasteiger partial charge >= 0.3 is 0 Å². The van der Waals surface area contributed by atoms with E-state index < -0.39 is 0 Å². The zero-order chi connectivity index (χ0) is 18.2. The molecule has 0 spiro atoms. The molecule has 0 aliphatic rings. The molecule has 3 nitrogen and oxygen atoms in total. The van der Waals surface area contributed by atoms with Crippen molar-refractivity contribution in [3.63, 3.8) is 0 Å². The van der Waals surface area contributed by atoms with Crippen molar-refractivity contribution in [2.45, 2.75) is 6.61 Å². The third-order valence-electron chi connectivity index (χ3n) is 3.67. The predicted molar refractivity (Wildman–Crippen MR) is 109 cm³/mol. The molecule has 0 aliphatic heterocycles. The van der Waals surface area contributed by atoms with E-state index >= 15 is 0 Å². The number of hydrogen-bond acceptors (Lipinski definition) is 2. The average Bonchev–Trinajstić information content (AvgIpc) is 2.68. The van der Waals surface area contributed by atoms with Crippen LogP contribution in [0.25, 0.3) is 6.08 Å². The number of carbonyl (C=O) groups is 1. The van der Waals surface area contributed by atoms with Gasteiger partial charge in [-0.15, -0.1) is 0 Å². The first-order valence-electron chi connectivity index (χ1n) is 8.21. The molecule has 3 aromatic carbocycles. The van der Waals surface area contributed by atoms with Gasteiger partial charge in [-0.1, -0.05) is 54.6 Å². The maximum Gasteiger partial charge on any atom is 0.248 e. The summed E-state index contributed by atoms with van der Waals surface area (Å²) in [5, 5.41) is 2.84. The fraction of sp³-hybridized carbons (Fsp3) is 0.0455. The standard InChI is InChI=1S/C22H18BrNO2/c23-20-11-4-5-12-21(20)24-22(25)14-13-17-9-6-10-19(15-17)26-16-18-7-2-1-3-8-18/h1-15H,16H2,(H,24,25)/b14-13+. The van der Waals surface area contributed by atoms with Gasteiger partial charge in [0.25, 0.3) is 0 Å². The highest BCUT2D eigenvalue weighted by Crippen LogP contribution is 2.21. The van der Waals surface area contributed by atoms with E-state index in [1.54, 1.807) is 6.08 Å². The van der Waals surface area contributed by atoms with Crippen LogP contribution in [-0.2, 0) is 11.4 Å². The fourth-order valence-corrected chi connectivity index (χ4v) is 2.74. The molecule has 1 N–H and O–H groups in total. The number of halogens is 1. The van der Waals surface area contributed by atoms with E-state index in [-0.39, 0.29) is 5.91 Å². The Balaban J connectivity index is 1.60. The first kappa shape index (κ1) is 18.0. The van der Waals surface area contributed by atoms with E-state index in [0.717, 1.165) is 27.0 Å². The first-order valence-corrected chi connectivity index (χ1v) is 9.00. The van der Waals surface area contributed by atoms with E-state index in [1.807, 2.05) is 78.9 Å². The second-order valence-electron chi connectivity index (χ2n) is 5.65. The molecule has 0 saturated heterocycles. The number of carbonyl (C=O) groups excluding carboxylic acids is 1. The third-order valence-corrected chi connectivity index (χ3v) is 4.36. The molecule has 3 aromatic rings. The second-order valence-corrected chi connectivity index (χ2v) is 6.50. The molecule has 3 rings (SSSR count). The first-order chi connectivity index (χ1) is 12.7. The number of anilines is 1. The Hall–Kier alpha value is -2.85. The summed E-state index contributed by atoms with van der Waals surface area (Å²) in [6.07, 6.45) is 3.28. The SMILES string of the molecule is O=C(/C=C/c1cccc(OCc2ccccc2)c1)Nc1ccccc1Br. The minimum atomic E-state index is -0.187. The Bertz CT molecular complexity index is 907. The Morgan fingerprint density at radius 2 is 1.73 bits per heavy atom. The quantitative estimate of drug-likeness (QED) is 0.533. The lowest BCUT2D eigenvalue weighted by atomic mass is 10.2. The average molecular weight is 408 g/mol. The predicted octanol–water partition coefficient (Wildman–Crippen LogP) is 5.68. The number of amides is 1. The van der Waals surface area contributed by atoms with Crippen LogP contribution in [0.2, 0.25) is 0 Å². The minimum Gasteiger partial charge on any atom is -0.489 e. The Kier molecular flexibility index (Phi) is 6.23. The largest absolute Gasteiger partial charge is 0.489 e. The third kappa shape index (κ3) is 5.33. The van der Waals surface area contributed by atoms with Gasteiger partial charge in [-0.3, -0.25) is 4.79 Å². The number of benzene rings is 3. The molecule has 0 atom stereocenters. The highest BCUT2D eigenvalue weighted by atomic mass is 79.9. The van der Waals surface area contributed by atoms with Crippen LogP contribution in [0.15, 0.2) is 89.4 Å². The van der Waals surface area contributed by atoms with Crippen molar-refractivity contribution in [2.24, 2.45) is 0 Å². The lowest BCUT2D eigenvalue weighted by Crippen LogP contribution is -2.08. The van der Waals surface area contributed by atoms with Gasteiger partial charge in [0.2, 0.25) is 5.91 Å². The molecule has 26 heavy (non-hydrogen) atoms. The second kappa shape index (κ2) is 9.02. The van der Waals surface area contributed by atoms with E-state index in [2.05, 4.69) is 21.2 Å². The number of ether oxygens (including phenoxy) is 1. The van der Waals surface area contributed by atoms with Crippen molar-refractivity contribution < 1.29 is 9.53 Å². The van der Waals surface area contributed by atoms with Gasteiger partial charge < -0.3 is 10.1 Å². The summed E-state index contributed by atoms with van der Waals surface area (Å²) >= 11 is 3.41. The van der Waals surface area contributed by atoms with E-state index in [9.17, 15) is 4.79 Å². The van der Waals surface area contributed by atoms with Crippen LogP contribution in [-0.4, -0.2) is 5.91 Å². The molecule has 0 unspecified atom stereocenters. The highest BCUT2D eigenvalue weighted by Gasteiger charge is 2.02. The van der Waals surface area contributed by atoms with Gasteiger partial charge in [-0.25, -0.2) is 0 Å². The van der Waals surface area contributed by atoms with Crippen molar-refractivity contribution in [3.05, 3.63) is 101 Å². The highest BCUT2D eigenvalue weighted by molar-refractivity contribution is 9.10. The Labute approximate surface area is 161 Å². The van der Waals surface area contributed by atoms with Gasteiger partial charge in [-0.05, 0) is 57.4 Å². The maximum absolute atomic E-state index is 12.1. The summed E-state index contributed by atoms with van der Waals surface area (Å²) in [6, 6.07) is 25.1. The number of nitrogens with one attached hydrogen (secondary N) is 1. The summed E-state index contributed by atoms with van der Waals surface area (Å²) in [6.45, 7) is 0.510. The number of rotatable bonds is 6. The van der Waals surface area contributed by atoms with Gasteiger partial charge in [0.1, 0.15) is 12.4 Å². The van der Waals surface area contributed by atoms with Crippen LogP contribution in [0.4, 0.5) is 5.69 Å². The van der Waals surface area contributed by atoms with E-state index in [0.29, 0.717) is 6.61 Å². The molecule has 0 bridgehead atoms. The van der Waals surface area contributed by atoms with E-state index in [1.165, 1.54) is 6.08 Å². The number of hydrogen-bond donors (Lipinski definition) is 1. The summed E-state index contributed by atoms with van der Waals surface area (Å²) in [7, 11) is 0. The smallest absolute Gasteiger partial charge is 0.248 e. The molecule has 1 amide bonds. The molecule has 0 saturated carbocycles. The molecule has 4 heteroatoms. The van der Waals surface area contributed by atoms with Crippen molar-refractivity contribution in [2.75, 3.05) is 5.32 Å². The fourth-order valence-electron chi connectivity index (χ4n) is 2.36. The van der Waals surface area contributed by atoms with Crippen LogP contribution >= 0.6 is 15.9 Å². The van der Waals surface area contributed by atoms with Crippen molar-refractivity contribution >= 4 is 33.6 Å². The summed E-state index contributed by atoms with van der Waals surface area (Å²) < 4.78 is 6.66. The van der Waals surface area contributed by atoms with Crippen LogP contribution in [0.5, 0.6) is 5.75 Å². The van der Waals surface area contributed by atoms with E-state index in [4.69, 9.17) is 4.74 Å². The minimum absolute atomic E-state index is 0.187. The Morgan fingerprint density at radius 1 is 0.962 bits per heavy atom. The molecule has 0 aliphatic carbocycles. The van der Waals surface area contributed by atoms with Gasteiger partial charge in [0.05, 0.1) is 5.69 Å². The van der Waals surface area contributed by atoms with Gasteiger partial charge in [0.15, 0.2) is 0 Å². The molecule has 0 radical (unpaired) electrons. The molecular weight excluding hydrogens is 390 g/mol. The summed E-state index contributed by atoms with van der Waals surface area (Å²) in [5.41, 5.74) is 2.75. The lowest BCUT2D eigenvalue weighted by molar-refractivity contribution is -0.111. The molecule has 0 heterocycles. The van der Waals surface area contributed by atoms with Crippen molar-refractivity contribution in [1.82, 2.24) is 0 Å². The summed E-state index contributed by atoms with van der Waals surface area (Å²) in [4.78, 5) is 12.1. The molecule has 130 valence electrons. The van der Waals surface area contributed by atoms with Crippen molar-refractivity contribution in [3.8, 4) is 5.75 Å². The van der Waals surface area contributed by atoms with Gasteiger partial charge in [-0.2, -0.15) is 0 Å². The maximum atomic E-state index is 12.1.